The van der Waals surface area contributed by atoms with Crippen LogP contribution in [0.1, 0.15) is 41.2 Å². The fraction of sp³-hybridized carbons (Fsp3) is 0.429. The van der Waals surface area contributed by atoms with E-state index in [9.17, 15) is 0 Å². The average molecular weight is 207 g/mol. The predicted molar refractivity (Wildman–Crippen MR) is 72.5 cm³/mol. The highest BCUT2D eigenvalue weighted by atomic mass is 14.7. The van der Waals surface area contributed by atoms with Crippen molar-refractivity contribution in [1.82, 2.24) is 4.98 Å². The van der Waals surface area contributed by atoms with Gasteiger partial charge in [-0.15, -0.1) is 0 Å². The van der Waals surface area contributed by atoms with Crippen LogP contribution in [0.5, 0.6) is 0 Å². The number of hydrogen-bond acceptors (Lipinski definition) is 0. The molecule has 0 aliphatic carbocycles. The largest absolute Gasteiger partial charge is 0.359 e. The van der Waals surface area contributed by atoms with Gasteiger partial charge in [0.2, 0.25) is 0 Å². The van der Waals surface area contributed by atoms with Crippen LogP contribution in [0.25, 0.3) is 10.9 Å². The second-order valence-corrected chi connectivity index (χ2v) is 3.25. The number of benzene rings is 1. The molecule has 86 valence electrons. The topological polar surface area (TPSA) is 15.8 Å². The molecule has 2 rings (SSSR count). The Morgan fingerprint density at radius 2 is 1.67 bits per heavy atom. The second-order valence-electron chi connectivity index (χ2n) is 3.25. The van der Waals surface area contributed by atoms with Gasteiger partial charge in [0.05, 0.1) is 0 Å². The normalized spacial score (nSPS) is 8.60. The quantitative estimate of drug-likeness (QED) is 0.613. The van der Waals surface area contributed by atoms with Crippen molar-refractivity contribution in [1.29, 1.82) is 0 Å². The van der Waals surface area contributed by atoms with Crippen LogP contribution in [0, 0.1) is 6.92 Å². The van der Waals surface area contributed by atoms with Gasteiger partial charge in [-0.1, -0.05) is 52.3 Å². The third-order valence-electron chi connectivity index (χ3n) is 1.66. The molecule has 15 heavy (non-hydrogen) atoms. The van der Waals surface area contributed by atoms with Gasteiger partial charge in [0, 0.05) is 12.6 Å². The van der Waals surface area contributed by atoms with Crippen LogP contribution in [-0.4, -0.2) is 4.98 Å². The van der Waals surface area contributed by atoms with Crippen LogP contribution in [0.2, 0.25) is 0 Å². The number of fused-ring (bicyclic) bond motifs is 1. The Hall–Kier alpha value is -1.24. The van der Waals surface area contributed by atoms with Gasteiger partial charge in [-0.05, 0) is 24.4 Å². The lowest BCUT2D eigenvalue weighted by Gasteiger charge is -1.83. The fourth-order valence-corrected chi connectivity index (χ4v) is 1.22. The van der Waals surface area contributed by atoms with Crippen molar-refractivity contribution in [2.24, 2.45) is 0 Å². The van der Waals surface area contributed by atoms with Crippen molar-refractivity contribution in [3.05, 3.63) is 36.0 Å². The van der Waals surface area contributed by atoms with E-state index in [-0.39, 0.29) is 1.43 Å². The van der Waals surface area contributed by atoms with Crippen LogP contribution in [0.4, 0.5) is 0 Å². The summed E-state index contributed by atoms with van der Waals surface area (Å²) in [4.78, 5) is 3.26. The molecule has 1 aromatic heterocycles. The van der Waals surface area contributed by atoms with Crippen LogP contribution >= 0.6 is 0 Å². The Balaban J connectivity index is 0. The minimum absolute atomic E-state index is 0. The van der Waals surface area contributed by atoms with E-state index in [4.69, 9.17) is 0 Å². The van der Waals surface area contributed by atoms with Crippen molar-refractivity contribution in [3.63, 3.8) is 0 Å². The number of nitrogens with one attached hydrogen (secondary N) is 1. The number of aromatic nitrogens is 1. The number of aryl methyl sites for hydroxylation is 1. The third-order valence-corrected chi connectivity index (χ3v) is 1.66. The van der Waals surface area contributed by atoms with Gasteiger partial charge in [-0.3, -0.25) is 0 Å². The van der Waals surface area contributed by atoms with Crippen molar-refractivity contribution < 1.29 is 1.43 Å². The Labute approximate surface area is 95.0 Å². The molecule has 0 bridgehead atoms. The Morgan fingerprint density at radius 1 is 1.13 bits per heavy atom. The molecule has 0 saturated heterocycles. The highest BCUT2D eigenvalue weighted by Crippen LogP contribution is 2.12. The molecule has 2 aromatic rings. The van der Waals surface area contributed by atoms with Gasteiger partial charge < -0.3 is 4.98 Å². The van der Waals surface area contributed by atoms with Crippen LogP contribution in [-0.2, 0) is 0 Å². The van der Waals surface area contributed by atoms with Crippen LogP contribution in [0.3, 0.4) is 0 Å². The molecule has 1 N–H and O–H groups in total. The predicted octanol–water partition coefficient (Wildman–Crippen LogP) is 5.16. The second kappa shape index (κ2) is 8.10. The molecule has 0 radical (unpaired) electrons. The smallest absolute Gasteiger partial charge is 0.0455 e. The molecule has 0 saturated carbocycles. The number of hydrogen-bond donors (Lipinski definition) is 1. The summed E-state index contributed by atoms with van der Waals surface area (Å²) in [5.41, 5.74) is 2.45. The monoisotopic (exact) mass is 207 g/mol. The number of rotatable bonds is 0. The fourth-order valence-electron chi connectivity index (χ4n) is 1.22. The molecule has 1 heterocycles. The van der Waals surface area contributed by atoms with E-state index in [2.05, 4.69) is 50.0 Å². The van der Waals surface area contributed by atoms with E-state index in [0.29, 0.717) is 0 Å². The molecule has 0 spiro atoms. The first-order valence-corrected chi connectivity index (χ1v) is 5.82. The molecule has 0 atom stereocenters. The van der Waals surface area contributed by atoms with E-state index in [0.717, 1.165) is 0 Å². The molecule has 0 aliphatic rings. The molecule has 1 nitrogen and oxygen atoms in total. The molecule has 0 fully saturated rings. The molecule has 0 aliphatic heterocycles. The summed E-state index contributed by atoms with van der Waals surface area (Å²) in [6.45, 7) is 10.3. The van der Waals surface area contributed by atoms with Gasteiger partial charge in [0.25, 0.3) is 0 Å². The molecule has 1 aromatic carbocycles. The lowest BCUT2D eigenvalue weighted by atomic mass is 10.2. The summed E-state index contributed by atoms with van der Waals surface area (Å²) >= 11 is 0. The number of para-hydroxylation sites is 1. The number of H-pyrrole nitrogens is 1. The lowest BCUT2D eigenvalue weighted by molar-refractivity contribution is 1.09. The molecule has 0 unspecified atom stereocenters. The molecule has 1 heteroatoms. The Morgan fingerprint density at radius 3 is 2.20 bits per heavy atom. The summed E-state index contributed by atoms with van der Waals surface area (Å²) in [6.07, 6.45) is 1.25. The van der Waals surface area contributed by atoms with Crippen molar-refractivity contribution >= 4 is 10.9 Å². The summed E-state index contributed by atoms with van der Waals surface area (Å²) in [6, 6.07) is 10.4. The van der Waals surface area contributed by atoms with Crippen molar-refractivity contribution in [3.8, 4) is 0 Å². The number of aromatic amines is 1. The summed E-state index contributed by atoms with van der Waals surface area (Å²) in [7, 11) is 0. The van der Waals surface area contributed by atoms with E-state index < -0.39 is 0 Å². The highest BCUT2D eigenvalue weighted by molar-refractivity contribution is 5.79. The zero-order chi connectivity index (χ0) is 11.7. The van der Waals surface area contributed by atoms with Crippen molar-refractivity contribution in [2.75, 3.05) is 0 Å². The summed E-state index contributed by atoms with van der Waals surface area (Å²) in [5.74, 6) is 0. The Kier molecular flexibility index (Phi) is 7.43. The summed E-state index contributed by atoms with van der Waals surface area (Å²) < 4.78 is 0. The van der Waals surface area contributed by atoms with Gasteiger partial charge in [-0.25, -0.2) is 0 Å². The standard InChI is InChI=1S/C9H9N.C3H8.C2H6.H2/c1-7-6-8-4-2-3-5-9(8)10-7;1-3-2;1-2;/h2-6,10H,1H3;3H2,1-2H3;1-2H3;1H. The van der Waals surface area contributed by atoms with Crippen molar-refractivity contribution in [2.45, 2.75) is 41.0 Å². The van der Waals surface area contributed by atoms with E-state index in [1.54, 1.807) is 0 Å². The molecular weight excluding hydrogens is 182 g/mol. The third kappa shape index (κ3) is 4.68. The maximum absolute atomic E-state index is 3.26. The highest BCUT2D eigenvalue weighted by Gasteiger charge is 1.92. The van der Waals surface area contributed by atoms with Crippen LogP contribution < -0.4 is 0 Å². The van der Waals surface area contributed by atoms with Gasteiger partial charge in [-0.2, -0.15) is 0 Å². The van der Waals surface area contributed by atoms with Gasteiger partial charge in [0.1, 0.15) is 0 Å². The Bertz CT molecular complexity index is 333. The van der Waals surface area contributed by atoms with E-state index in [1.807, 2.05) is 19.9 Å². The first kappa shape index (κ1) is 13.8. The minimum atomic E-state index is 0. The van der Waals surface area contributed by atoms with Crippen LogP contribution in [0.15, 0.2) is 30.3 Å². The lowest BCUT2D eigenvalue weighted by Crippen LogP contribution is -1.65. The first-order valence-electron chi connectivity index (χ1n) is 5.82. The van der Waals surface area contributed by atoms with Gasteiger partial charge >= 0.3 is 0 Å². The SMILES string of the molecule is CC.CCC.Cc1cc2ccccc2[nH]1.[HH]. The minimum Gasteiger partial charge on any atom is -0.359 e. The zero-order valence-corrected chi connectivity index (χ0v) is 10.6. The average Bonchev–Trinajstić information content (AvgIpc) is 2.62. The maximum atomic E-state index is 3.26. The maximum Gasteiger partial charge on any atom is 0.0455 e. The molecular formula is C14H25N. The van der Waals surface area contributed by atoms with E-state index in [1.165, 1.54) is 23.0 Å². The van der Waals surface area contributed by atoms with E-state index >= 15 is 0 Å². The first-order chi connectivity index (χ1) is 7.27. The molecule has 0 amide bonds. The van der Waals surface area contributed by atoms with Gasteiger partial charge in [0.15, 0.2) is 0 Å². The zero-order valence-electron chi connectivity index (χ0n) is 10.6. The summed E-state index contributed by atoms with van der Waals surface area (Å²) in [5, 5.41) is 1.29.